The van der Waals surface area contributed by atoms with Gasteiger partial charge in [-0.25, -0.2) is 0 Å². The number of hydrogen-bond acceptors (Lipinski definition) is 1. The van der Waals surface area contributed by atoms with E-state index >= 15 is 0 Å². The first kappa shape index (κ1) is 24.4. The third-order valence-corrected chi connectivity index (χ3v) is 23.1. The Morgan fingerprint density at radius 2 is 0.625 bits per heavy atom. The van der Waals surface area contributed by atoms with Crippen LogP contribution in [0.5, 0.6) is 0 Å². The quantitative estimate of drug-likeness (QED) is 0.483. The number of rotatable bonds is 2. The van der Waals surface area contributed by atoms with Crippen molar-refractivity contribution in [1.82, 2.24) is 4.65 Å². The fourth-order valence-electron chi connectivity index (χ4n) is 5.81. The van der Waals surface area contributed by atoms with Gasteiger partial charge in [-0.2, -0.15) is 0 Å². The van der Waals surface area contributed by atoms with Crippen molar-refractivity contribution in [1.29, 1.82) is 0 Å². The fourth-order valence-corrected chi connectivity index (χ4v) is 25.3. The molecule has 0 bridgehead atoms. The van der Waals surface area contributed by atoms with E-state index in [9.17, 15) is 0 Å². The predicted molar refractivity (Wildman–Crippen MR) is 119 cm³/mol. The van der Waals surface area contributed by atoms with Gasteiger partial charge in [0.05, 0.1) is 0 Å². The predicted octanol–water partition coefficient (Wildman–Crippen LogP) is 8.10. The average Bonchev–Trinajstić information content (AvgIpc) is 2.15. The smallest absolute Gasteiger partial charge is 0.135 e. The summed E-state index contributed by atoms with van der Waals surface area (Å²) in [4.78, 5) is 0. The Bertz CT molecular complexity index is 381. The number of hydrogen-bond donors (Lipinski definition) is 1. The van der Waals surface area contributed by atoms with E-state index in [-0.39, 0.29) is 15.1 Å². The van der Waals surface area contributed by atoms with Crippen molar-refractivity contribution in [3.05, 3.63) is 0 Å². The molecule has 0 unspecified atom stereocenters. The molecular formula is C21H49NSi2. The van der Waals surface area contributed by atoms with E-state index in [1.807, 2.05) is 0 Å². The standard InChI is InChI=1S/C21H49NSi2/c1-17(2,3)23(16,18(4,5)6)22-24(19(7,8)9,20(10,11)12)21(13,14)15/h22H,1-16H3. The summed E-state index contributed by atoms with van der Waals surface area (Å²) in [6, 6.07) is 0. The van der Waals surface area contributed by atoms with Crippen molar-refractivity contribution >= 4 is 16.5 Å². The summed E-state index contributed by atoms with van der Waals surface area (Å²) in [5, 5.41) is 1.48. The van der Waals surface area contributed by atoms with E-state index in [1.165, 1.54) is 0 Å². The van der Waals surface area contributed by atoms with Crippen LogP contribution in [0.25, 0.3) is 0 Å². The summed E-state index contributed by atoms with van der Waals surface area (Å²) >= 11 is 0. The molecule has 0 saturated heterocycles. The van der Waals surface area contributed by atoms with Crippen LogP contribution in [-0.2, 0) is 0 Å². The molecule has 0 spiro atoms. The van der Waals surface area contributed by atoms with E-state index < -0.39 is 16.5 Å². The molecule has 3 heteroatoms. The van der Waals surface area contributed by atoms with Gasteiger partial charge in [-0.05, 0) is 25.2 Å². The zero-order valence-electron chi connectivity index (χ0n) is 20.0. The van der Waals surface area contributed by atoms with Crippen molar-refractivity contribution in [2.45, 2.75) is 136 Å². The lowest BCUT2D eigenvalue weighted by Crippen LogP contribution is -2.78. The Kier molecular flexibility index (Phi) is 6.33. The maximum Gasteiger partial charge on any atom is 0.135 e. The van der Waals surface area contributed by atoms with Gasteiger partial charge < -0.3 is 4.65 Å². The SMILES string of the molecule is CC(C)(C)[Si](C)(N[Si](C(C)(C)C)(C(C)(C)C)C(C)(C)C)C(C)(C)C. The summed E-state index contributed by atoms with van der Waals surface area (Å²) in [7, 11) is -3.75. The first-order valence-electron chi connectivity index (χ1n) is 9.75. The molecule has 0 saturated carbocycles. The molecule has 0 amide bonds. The van der Waals surface area contributed by atoms with Crippen LogP contribution in [0, 0.1) is 0 Å². The second-order valence-electron chi connectivity index (χ2n) is 13.2. The van der Waals surface area contributed by atoms with E-state index in [2.05, 4.69) is 115 Å². The summed E-state index contributed by atoms with van der Waals surface area (Å²) in [5.41, 5.74) is 0. The molecule has 0 aliphatic carbocycles. The minimum Gasteiger partial charge on any atom is -0.357 e. The van der Waals surface area contributed by atoms with Gasteiger partial charge in [-0.15, -0.1) is 0 Å². The Balaban J connectivity index is 6.84. The van der Waals surface area contributed by atoms with E-state index in [1.54, 1.807) is 0 Å². The molecule has 0 rings (SSSR count). The van der Waals surface area contributed by atoms with Crippen molar-refractivity contribution in [3.63, 3.8) is 0 Å². The number of nitrogens with one attached hydrogen (secondary N) is 1. The second kappa shape index (κ2) is 6.23. The summed E-state index contributed by atoms with van der Waals surface area (Å²) in [6.45, 7) is 39.8. The summed E-state index contributed by atoms with van der Waals surface area (Å²) in [5.74, 6) is 0. The van der Waals surface area contributed by atoms with Gasteiger partial charge >= 0.3 is 0 Å². The molecule has 0 aliphatic heterocycles. The first-order valence-corrected chi connectivity index (χ1v) is 14.2. The monoisotopic (exact) mass is 371 g/mol. The van der Waals surface area contributed by atoms with Gasteiger partial charge in [0.2, 0.25) is 0 Å². The Morgan fingerprint density at radius 1 is 0.417 bits per heavy atom. The normalized spacial score (nSPS) is 16.5. The van der Waals surface area contributed by atoms with Crippen LogP contribution in [0.1, 0.15) is 104 Å². The van der Waals surface area contributed by atoms with Crippen molar-refractivity contribution in [2.75, 3.05) is 0 Å². The van der Waals surface area contributed by atoms with Gasteiger partial charge in [0.15, 0.2) is 0 Å². The van der Waals surface area contributed by atoms with Gasteiger partial charge in [-0.3, -0.25) is 0 Å². The third kappa shape index (κ3) is 3.88. The van der Waals surface area contributed by atoms with Gasteiger partial charge in [0.1, 0.15) is 16.5 Å². The van der Waals surface area contributed by atoms with Crippen LogP contribution in [0.15, 0.2) is 0 Å². The van der Waals surface area contributed by atoms with Crippen LogP contribution in [-0.4, -0.2) is 16.5 Å². The summed E-state index contributed by atoms with van der Waals surface area (Å²) < 4.78 is 4.62. The molecule has 0 aromatic carbocycles. The summed E-state index contributed by atoms with van der Waals surface area (Å²) in [6.07, 6.45) is 0. The fraction of sp³-hybridized carbons (Fsp3) is 1.00. The minimum atomic E-state index is -1.94. The Labute approximate surface area is 157 Å². The average molecular weight is 372 g/mol. The van der Waals surface area contributed by atoms with Gasteiger partial charge in [0.25, 0.3) is 0 Å². The van der Waals surface area contributed by atoms with E-state index in [0.717, 1.165) is 0 Å². The highest BCUT2D eigenvalue weighted by molar-refractivity contribution is 6.99. The van der Waals surface area contributed by atoms with E-state index in [0.29, 0.717) is 10.1 Å². The molecule has 0 aromatic heterocycles. The molecule has 146 valence electrons. The van der Waals surface area contributed by atoms with Crippen LogP contribution < -0.4 is 4.65 Å². The van der Waals surface area contributed by atoms with Crippen molar-refractivity contribution < 1.29 is 0 Å². The Hall–Kier alpha value is 0.394. The molecule has 0 radical (unpaired) electrons. The second-order valence-corrected chi connectivity index (χ2v) is 25.5. The molecule has 0 fully saturated rings. The third-order valence-electron chi connectivity index (χ3n) is 6.81. The molecular weight excluding hydrogens is 322 g/mol. The molecule has 1 N–H and O–H groups in total. The maximum atomic E-state index is 4.62. The van der Waals surface area contributed by atoms with E-state index in [4.69, 9.17) is 0 Å². The zero-order valence-corrected chi connectivity index (χ0v) is 22.0. The zero-order chi connectivity index (χ0) is 20.2. The Morgan fingerprint density at radius 3 is 0.750 bits per heavy atom. The topological polar surface area (TPSA) is 12.0 Å². The highest BCUT2D eigenvalue weighted by atomic mass is 28.4. The van der Waals surface area contributed by atoms with Crippen molar-refractivity contribution in [3.8, 4) is 0 Å². The molecule has 0 aliphatic rings. The lowest BCUT2D eigenvalue weighted by atomic mass is 10.2. The highest BCUT2D eigenvalue weighted by Crippen LogP contribution is 2.63. The first-order chi connectivity index (χ1) is 9.96. The molecule has 0 heterocycles. The van der Waals surface area contributed by atoms with Crippen molar-refractivity contribution in [2.24, 2.45) is 0 Å². The molecule has 0 atom stereocenters. The van der Waals surface area contributed by atoms with Gasteiger partial charge in [0, 0.05) is 0 Å². The lowest BCUT2D eigenvalue weighted by molar-refractivity contribution is 0.507. The van der Waals surface area contributed by atoms with Crippen LogP contribution in [0.3, 0.4) is 0 Å². The van der Waals surface area contributed by atoms with Crippen LogP contribution in [0.2, 0.25) is 31.7 Å². The largest absolute Gasteiger partial charge is 0.357 e. The molecule has 0 aromatic rings. The maximum absolute atomic E-state index is 4.62. The van der Waals surface area contributed by atoms with Crippen LogP contribution in [0.4, 0.5) is 0 Å². The molecule has 24 heavy (non-hydrogen) atoms. The minimum absolute atomic E-state index is 0.286. The van der Waals surface area contributed by atoms with Crippen LogP contribution >= 0.6 is 0 Å². The van der Waals surface area contributed by atoms with Gasteiger partial charge in [-0.1, -0.05) is 110 Å². The molecule has 1 nitrogen and oxygen atoms in total. The highest BCUT2D eigenvalue weighted by Gasteiger charge is 2.64. The lowest BCUT2D eigenvalue weighted by Gasteiger charge is -2.65.